The summed E-state index contributed by atoms with van der Waals surface area (Å²) in [6.07, 6.45) is 2.13. The average molecular weight is 474 g/mol. The summed E-state index contributed by atoms with van der Waals surface area (Å²) in [7, 11) is -4.81. The molecule has 3 saturated heterocycles. The fourth-order valence-electron chi connectivity index (χ4n) is 4.27. The van der Waals surface area contributed by atoms with E-state index in [1.54, 1.807) is 0 Å². The summed E-state index contributed by atoms with van der Waals surface area (Å²) in [5.74, 6) is -0.140. The van der Waals surface area contributed by atoms with Crippen LogP contribution in [-0.4, -0.2) is 76.4 Å². The lowest BCUT2D eigenvalue weighted by molar-refractivity contribution is -0.160. The Bertz CT molecular complexity index is 982. The highest BCUT2D eigenvalue weighted by molar-refractivity contribution is 7.80. The molecule has 0 saturated carbocycles. The Morgan fingerprint density at radius 1 is 1.16 bits per heavy atom. The number of rotatable bonds is 5. The predicted molar refractivity (Wildman–Crippen MR) is 107 cm³/mol. The van der Waals surface area contributed by atoms with Crippen LogP contribution < -0.4 is 4.90 Å². The van der Waals surface area contributed by atoms with Gasteiger partial charge in [-0.1, -0.05) is 5.10 Å². The van der Waals surface area contributed by atoms with Crippen molar-refractivity contribution in [2.75, 3.05) is 24.5 Å². The number of urea groups is 1. The molecule has 4 rings (SSSR count). The molecule has 1 aromatic rings. The van der Waals surface area contributed by atoms with Crippen LogP contribution >= 0.6 is 0 Å². The number of aromatic nitrogens is 2. The van der Waals surface area contributed by atoms with Gasteiger partial charge >= 0.3 is 28.4 Å². The molecule has 3 aliphatic rings. The number of carbonyl (C=O) groups excluding carboxylic acids is 2. The highest BCUT2D eigenvalue weighted by atomic mass is 32.3. The predicted octanol–water partition coefficient (Wildman–Crippen LogP) is 1.30. The number of nitrogens with zero attached hydrogens (tertiary/aromatic N) is 5. The van der Waals surface area contributed by atoms with Gasteiger partial charge in [0.1, 0.15) is 11.6 Å². The number of amides is 2. The minimum atomic E-state index is -4.81. The number of hydrogen-bond acceptors (Lipinski definition) is 10. The number of ether oxygens (including phenoxy) is 1. The Morgan fingerprint density at radius 3 is 2.47 bits per heavy atom. The summed E-state index contributed by atoms with van der Waals surface area (Å²) in [4.78, 5) is 28.1. The SMILES string of the molecule is CC(C)(C)OC(=O)C1CCN(c2nnc([C@@H]3CC[C@@H]4CN3C(=O)N4OS(=O)(=O)O)o2)CC1. The van der Waals surface area contributed by atoms with Crippen molar-refractivity contribution < 1.29 is 36.0 Å². The maximum atomic E-state index is 12.6. The molecule has 2 bridgehead atoms. The van der Waals surface area contributed by atoms with Gasteiger partial charge in [-0.25, -0.2) is 4.79 Å². The first-order valence-electron chi connectivity index (χ1n) is 10.5. The van der Waals surface area contributed by atoms with Gasteiger partial charge in [0, 0.05) is 19.6 Å². The Morgan fingerprint density at radius 2 is 1.84 bits per heavy atom. The van der Waals surface area contributed by atoms with E-state index in [4.69, 9.17) is 13.7 Å². The van der Waals surface area contributed by atoms with Crippen molar-refractivity contribution in [2.45, 2.75) is 64.1 Å². The standard InChI is InChI=1S/C18H27N5O8S/c1-18(2,3)30-15(24)11-6-8-21(9-7-11)16-20-19-14(29-16)13-5-4-12-10-22(13)17(25)23(12)31-32(26,27)28/h11-13H,4-10H2,1-3H3,(H,26,27,28)/t12-,13+/m1/s1. The maximum absolute atomic E-state index is 12.6. The molecule has 0 aliphatic carbocycles. The van der Waals surface area contributed by atoms with Crippen LogP contribution in [0.5, 0.6) is 0 Å². The van der Waals surface area contributed by atoms with Crippen LogP contribution in [0.2, 0.25) is 0 Å². The van der Waals surface area contributed by atoms with Gasteiger partial charge < -0.3 is 19.0 Å². The summed E-state index contributed by atoms with van der Waals surface area (Å²) in [6, 6.07) is -1.39. The first kappa shape index (κ1) is 22.7. The largest absolute Gasteiger partial charge is 0.460 e. The number of fused-ring (bicyclic) bond motifs is 2. The van der Waals surface area contributed by atoms with Crippen LogP contribution in [0.4, 0.5) is 10.8 Å². The monoisotopic (exact) mass is 473 g/mol. The van der Waals surface area contributed by atoms with Crippen LogP contribution in [0.1, 0.15) is 58.4 Å². The molecule has 3 fully saturated rings. The molecule has 0 spiro atoms. The van der Waals surface area contributed by atoms with Crippen molar-refractivity contribution in [3.8, 4) is 0 Å². The fraction of sp³-hybridized carbons (Fsp3) is 0.778. The third kappa shape index (κ3) is 4.81. The second kappa shape index (κ2) is 8.15. The number of esters is 1. The van der Waals surface area contributed by atoms with Crippen LogP contribution in [0.25, 0.3) is 0 Å². The molecule has 4 heterocycles. The van der Waals surface area contributed by atoms with Crippen molar-refractivity contribution in [3.05, 3.63) is 5.89 Å². The Labute approximate surface area is 185 Å². The van der Waals surface area contributed by atoms with E-state index in [0.29, 0.717) is 49.9 Å². The highest BCUT2D eigenvalue weighted by Crippen LogP contribution is 2.39. The molecular weight excluding hydrogens is 446 g/mol. The van der Waals surface area contributed by atoms with E-state index in [1.165, 1.54) is 4.90 Å². The molecule has 2 atom stereocenters. The fourth-order valence-corrected chi connectivity index (χ4v) is 4.66. The number of piperidine rings is 2. The Kier molecular flexibility index (Phi) is 5.79. The van der Waals surface area contributed by atoms with Gasteiger partial charge in [0.05, 0.1) is 12.0 Å². The van der Waals surface area contributed by atoms with E-state index in [0.717, 1.165) is 0 Å². The van der Waals surface area contributed by atoms with Gasteiger partial charge in [-0.2, -0.15) is 13.5 Å². The molecule has 0 unspecified atom stereocenters. The zero-order chi connectivity index (χ0) is 23.3. The molecule has 178 valence electrons. The Balaban J connectivity index is 1.38. The molecule has 3 aliphatic heterocycles. The third-order valence-corrected chi connectivity index (χ3v) is 6.07. The van der Waals surface area contributed by atoms with Crippen LogP contribution in [0.15, 0.2) is 4.42 Å². The zero-order valence-corrected chi connectivity index (χ0v) is 18.9. The number of hydrogen-bond donors (Lipinski definition) is 1. The van der Waals surface area contributed by atoms with E-state index in [9.17, 15) is 18.0 Å². The van der Waals surface area contributed by atoms with E-state index >= 15 is 0 Å². The second-order valence-corrected chi connectivity index (χ2v) is 10.2. The minimum Gasteiger partial charge on any atom is -0.460 e. The summed E-state index contributed by atoms with van der Waals surface area (Å²) in [5, 5.41) is 8.88. The van der Waals surface area contributed by atoms with E-state index in [2.05, 4.69) is 14.5 Å². The van der Waals surface area contributed by atoms with Gasteiger partial charge in [-0.15, -0.1) is 9.38 Å². The van der Waals surface area contributed by atoms with Crippen molar-refractivity contribution in [3.63, 3.8) is 0 Å². The molecule has 0 aromatic carbocycles. The topological polar surface area (TPSA) is 156 Å². The first-order valence-corrected chi connectivity index (χ1v) is 11.9. The van der Waals surface area contributed by atoms with Gasteiger partial charge in [-0.3, -0.25) is 9.35 Å². The normalized spacial score (nSPS) is 24.9. The zero-order valence-electron chi connectivity index (χ0n) is 18.1. The van der Waals surface area contributed by atoms with E-state index < -0.39 is 34.1 Å². The molecule has 14 heteroatoms. The lowest BCUT2D eigenvalue weighted by Gasteiger charge is -2.31. The minimum absolute atomic E-state index is 0.181. The lowest BCUT2D eigenvalue weighted by atomic mass is 9.97. The molecular formula is C18H27N5O8S. The lowest BCUT2D eigenvalue weighted by Crippen LogP contribution is -2.39. The molecule has 1 aromatic heterocycles. The quantitative estimate of drug-likeness (QED) is 0.486. The van der Waals surface area contributed by atoms with Crippen LogP contribution in [0.3, 0.4) is 0 Å². The number of anilines is 1. The molecule has 2 amide bonds. The molecule has 32 heavy (non-hydrogen) atoms. The summed E-state index contributed by atoms with van der Waals surface area (Å²) >= 11 is 0. The van der Waals surface area contributed by atoms with Gasteiger partial charge in [0.25, 0.3) is 0 Å². The maximum Gasteiger partial charge on any atom is 0.418 e. The van der Waals surface area contributed by atoms with Gasteiger partial charge in [0.15, 0.2) is 0 Å². The number of hydroxylamine groups is 2. The van der Waals surface area contributed by atoms with E-state index in [-0.39, 0.29) is 24.3 Å². The van der Waals surface area contributed by atoms with Crippen LogP contribution in [-0.2, 0) is 24.2 Å². The smallest absolute Gasteiger partial charge is 0.418 e. The van der Waals surface area contributed by atoms with Crippen molar-refractivity contribution >= 4 is 28.4 Å². The number of carbonyl (C=O) groups is 2. The molecule has 1 N–H and O–H groups in total. The summed E-state index contributed by atoms with van der Waals surface area (Å²) in [6.45, 7) is 6.85. The van der Waals surface area contributed by atoms with Crippen molar-refractivity contribution in [2.24, 2.45) is 5.92 Å². The van der Waals surface area contributed by atoms with Crippen molar-refractivity contribution in [1.29, 1.82) is 0 Å². The third-order valence-electron chi connectivity index (χ3n) is 5.72. The summed E-state index contributed by atoms with van der Waals surface area (Å²) < 4.78 is 46.7. The Hall–Kier alpha value is -2.45. The first-order chi connectivity index (χ1) is 14.9. The van der Waals surface area contributed by atoms with Crippen molar-refractivity contribution in [1.82, 2.24) is 20.2 Å². The van der Waals surface area contributed by atoms with E-state index in [1.807, 2.05) is 25.7 Å². The second-order valence-electron chi connectivity index (χ2n) is 9.23. The highest BCUT2D eigenvalue weighted by Gasteiger charge is 2.49. The summed E-state index contributed by atoms with van der Waals surface area (Å²) in [5.41, 5.74) is -0.524. The average Bonchev–Trinajstić information content (AvgIpc) is 3.27. The molecule has 13 nitrogen and oxygen atoms in total. The van der Waals surface area contributed by atoms with Gasteiger partial charge in [-0.05, 0) is 46.5 Å². The van der Waals surface area contributed by atoms with Gasteiger partial charge in [0.2, 0.25) is 5.89 Å². The molecule has 0 radical (unpaired) electrons. The van der Waals surface area contributed by atoms with Crippen LogP contribution in [0, 0.1) is 5.92 Å².